The average Bonchev–Trinajstić information content (AvgIpc) is 2.58. The molecule has 18 heavy (non-hydrogen) atoms. The molecule has 0 amide bonds. The number of anilines is 1. The summed E-state index contributed by atoms with van der Waals surface area (Å²) in [6.45, 7) is 8.28. The minimum atomic E-state index is 0.322. The normalized spacial score (nSPS) is 11.2. The van der Waals surface area contributed by atoms with Gasteiger partial charge in [0.15, 0.2) is 0 Å². The quantitative estimate of drug-likeness (QED) is 0.908. The number of nitrogen functional groups attached to an aromatic ring is 1. The lowest BCUT2D eigenvalue weighted by Crippen LogP contribution is -2.07. The van der Waals surface area contributed by atoms with E-state index < -0.39 is 0 Å². The molecular weight excluding hydrogens is 290 g/mol. The van der Waals surface area contributed by atoms with Crippen molar-refractivity contribution in [3.8, 4) is 11.3 Å². The first-order chi connectivity index (χ1) is 8.41. The number of rotatable bonds is 2. The monoisotopic (exact) mass is 307 g/mol. The second-order valence-corrected chi connectivity index (χ2v) is 5.67. The van der Waals surface area contributed by atoms with Crippen LogP contribution < -0.4 is 5.73 Å². The van der Waals surface area contributed by atoms with Crippen molar-refractivity contribution in [2.24, 2.45) is 0 Å². The topological polar surface area (TPSA) is 43.8 Å². The van der Waals surface area contributed by atoms with E-state index in [4.69, 9.17) is 5.73 Å². The predicted molar refractivity (Wildman–Crippen MR) is 79.6 cm³/mol. The van der Waals surface area contributed by atoms with E-state index in [1.807, 2.05) is 19.1 Å². The third-order valence-corrected chi connectivity index (χ3v) is 3.96. The van der Waals surface area contributed by atoms with Crippen LogP contribution in [0, 0.1) is 13.8 Å². The lowest BCUT2D eigenvalue weighted by molar-refractivity contribution is 0.590. The smallest absolute Gasteiger partial charge is 0.131 e. The van der Waals surface area contributed by atoms with Gasteiger partial charge in [-0.05, 0) is 45.4 Å². The Labute approximate surface area is 116 Å². The van der Waals surface area contributed by atoms with Crippen molar-refractivity contribution in [2.45, 2.75) is 33.7 Å². The molecular formula is C14H18BrN3. The first-order valence-corrected chi connectivity index (χ1v) is 6.82. The van der Waals surface area contributed by atoms with Crippen molar-refractivity contribution >= 4 is 21.7 Å². The molecule has 2 N–H and O–H groups in total. The molecule has 0 fully saturated rings. The standard InChI is InChI=1S/C14H18BrN3/c1-8(2)18-10(4)17-13(14(18)16)11-5-6-12(15)9(3)7-11/h5-8H,16H2,1-4H3. The number of nitrogens with two attached hydrogens (primary N) is 1. The van der Waals surface area contributed by atoms with Crippen LogP contribution in [0.3, 0.4) is 0 Å². The summed E-state index contributed by atoms with van der Waals surface area (Å²) in [5.74, 6) is 1.70. The van der Waals surface area contributed by atoms with Gasteiger partial charge in [-0.3, -0.25) is 0 Å². The van der Waals surface area contributed by atoms with Gasteiger partial charge < -0.3 is 10.3 Å². The first kappa shape index (κ1) is 13.1. The Morgan fingerprint density at radius 2 is 1.94 bits per heavy atom. The van der Waals surface area contributed by atoms with E-state index in [1.54, 1.807) is 0 Å². The number of aryl methyl sites for hydroxylation is 2. The number of aromatic nitrogens is 2. The van der Waals surface area contributed by atoms with E-state index in [0.717, 1.165) is 27.4 Å². The maximum Gasteiger partial charge on any atom is 0.131 e. The molecule has 0 saturated heterocycles. The van der Waals surface area contributed by atoms with Crippen molar-refractivity contribution in [1.82, 2.24) is 9.55 Å². The number of benzene rings is 1. The van der Waals surface area contributed by atoms with Gasteiger partial charge in [0.1, 0.15) is 17.3 Å². The highest BCUT2D eigenvalue weighted by Crippen LogP contribution is 2.30. The zero-order valence-corrected chi connectivity index (χ0v) is 12.7. The van der Waals surface area contributed by atoms with Crippen LogP contribution in [0.5, 0.6) is 0 Å². The molecule has 0 atom stereocenters. The van der Waals surface area contributed by atoms with Gasteiger partial charge in [0.2, 0.25) is 0 Å². The molecule has 1 aromatic carbocycles. The van der Waals surface area contributed by atoms with Gasteiger partial charge in [-0.1, -0.05) is 22.0 Å². The fraction of sp³-hybridized carbons (Fsp3) is 0.357. The van der Waals surface area contributed by atoms with Crippen molar-refractivity contribution < 1.29 is 0 Å². The van der Waals surface area contributed by atoms with E-state index in [0.29, 0.717) is 6.04 Å². The Bertz CT molecular complexity index is 585. The van der Waals surface area contributed by atoms with Gasteiger partial charge in [-0.15, -0.1) is 0 Å². The Balaban J connectivity index is 2.58. The van der Waals surface area contributed by atoms with Crippen molar-refractivity contribution in [2.75, 3.05) is 5.73 Å². The molecule has 96 valence electrons. The third-order valence-electron chi connectivity index (χ3n) is 3.07. The summed E-state index contributed by atoms with van der Waals surface area (Å²) in [6.07, 6.45) is 0. The molecule has 0 aliphatic heterocycles. The largest absolute Gasteiger partial charge is 0.383 e. The molecule has 4 heteroatoms. The fourth-order valence-electron chi connectivity index (χ4n) is 2.22. The molecule has 2 aromatic rings. The van der Waals surface area contributed by atoms with Crippen molar-refractivity contribution in [3.63, 3.8) is 0 Å². The highest BCUT2D eigenvalue weighted by molar-refractivity contribution is 9.10. The van der Waals surface area contributed by atoms with Gasteiger partial charge in [-0.25, -0.2) is 4.98 Å². The molecule has 0 saturated carbocycles. The molecule has 0 aliphatic carbocycles. The van der Waals surface area contributed by atoms with Gasteiger partial charge in [0.25, 0.3) is 0 Å². The summed E-state index contributed by atoms with van der Waals surface area (Å²) in [5, 5.41) is 0. The van der Waals surface area contributed by atoms with Crippen LogP contribution in [-0.2, 0) is 0 Å². The van der Waals surface area contributed by atoms with Crippen molar-refractivity contribution in [1.29, 1.82) is 0 Å². The van der Waals surface area contributed by atoms with Crippen LogP contribution in [0.4, 0.5) is 5.82 Å². The SMILES string of the molecule is Cc1cc(-c2nc(C)n(C(C)C)c2N)ccc1Br. The first-order valence-electron chi connectivity index (χ1n) is 6.02. The molecule has 1 aromatic heterocycles. The second-order valence-electron chi connectivity index (χ2n) is 4.82. The zero-order chi connectivity index (χ0) is 13.4. The summed E-state index contributed by atoms with van der Waals surface area (Å²) in [4.78, 5) is 4.60. The van der Waals surface area contributed by atoms with E-state index in [1.165, 1.54) is 5.56 Å². The predicted octanol–water partition coefficient (Wildman–Crippen LogP) is 4.09. The van der Waals surface area contributed by atoms with Gasteiger partial charge >= 0.3 is 0 Å². The summed E-state index contributed by atoms with van der Waals surface area (Å²) in [5.41, 5.74) is 9.34. The van der Waals surface area contributed by atoms with Crippen LogP contribution >= 0.6 is 15.9 Å². The Morgan fingerprint density at radius 3 is 2.44 bits per heavy atom. The van der Waals surface area contributed by atoms with Crippen LogP contribution in [-0.4, -0.2) is 9.55 Å². The number of hydrogen-bond donors (Lipinski definition) is 1. The maximum absolute atomic E-state index is 6.21. The molecule has 1 heterocycles. The molecule has 3 nitrogen and oxygen atoms in total. The molecule has 0 bridgehead atoms. The summed E-state index contributed by atoms with van der Waals surface area (Å²) < 4.78 is 3.16. The number of halogens is 1. The molecule has 0 radical (unpaired) electrons. The summed E-state index contributed by atoms with van der Waals surface area (Å²) in [7, 11) is 0. The van der Waals surface area contributed by atoms with Crippen LogP contribution in [0.25, 0.3) is 11.3 Å². The van der Waals surface area contributed by atoms with Crippen molar-refractivity contribution in [3.05, 3.63) is 34.1 Å². The fourth-order valence-corrected chi connectivity index (χ4v) is 2.46. The molecule has 0 spiro atoms. The Kier molecular flexibility index (Phi) is 3.48. The lowest BCUT2D eigenvalue weighted by atomic mass is 10.1. The average molecular weight is 308 g/mol. The third kappa shape index (κ3) is 2.17. The highest BCUT2D eigenvalue weighted by Gasteiger charge is 2.15. The minimum Gasteiger partial charge on any atom is -0.383 e. The van der Waals surface area contributed by atoms with Gasteiger partial charge in [-0.2, -0.15) is 0 Å². The number of imidazole rings is 1. The summed E-state index contributed by atoms with van der Waals surface area (Å²) >= 11 is 3.51. The minimum absolute atomic E-state index is 0.322. The maximum atomic E-state index is 6.21. The van der Waals surface area contributed by atoms with E-state index in [-0.39, 0.29) is 0 Å². The van der Waals surface area contributed by atoms with Crippen LogP contribution in [0.15, 0.2) is 22.7 Å². The molecule has 0 aliphatic rings. The van der Waals surface area contributed by atoms with Gasteiger partial charge in [0, 0.05) is 16.1 Å². The Hall–Kier alpha value is -1.29. The molecule has 2 rings (SSSR count). The van der Waals surface area contributed by atoms with Crippen LogP contribution in [0.1, 0.15) is 31.3 Å². The summed E-state index contributed by atoms with van der Waals surface area (Å²) in [6, 6.07) is 6.50. The van der Waals surface area contributed by atoms with E-state index in [9.17, 15) is 0 Å². The van der Waals surface area contributed by atoms with Gasteiger partial charge in [0.05, 0.1) is 0 Å². The second kappa shape index (κ2) is 4.76. The number of nitrogens with zero attached hydrogens (tertiary/aromatic N) is 2. The Morgan fingerprint density at radius 1 is 1.28 bits per heavy atom. The van der Waals surface area contributed by atoms with E-state index in [2.05, 4.69) is 52.3 Å². The van der Waals surface area contributed by atoms with Crippen LogP contribution in [0.2, 0.25) is 0 Å². The highest BCUT2D eigenvalue weighted by atomic mass is 79.9. The lowest BCUT2D eigenvalue weighted by Gasteiger charge is -2.11. The molecule has 0 unspecified atom stereocenters. The number of hydrogen-bond acceptors (Lipinski definition) is 2. The zero-order valence-electron chi connectivity index (χ0n) is 11.2. The van der Waals surface area contributed by atoms with E-state index >= 15 is 0 Å².